The number of anilines is 1. The number of hydrogen-bond acceptors (Lipinski definition) is 7. The topological polar surface area (TPSA) is 89.7 Å². The smallest absolute Gasteiger partial charge is 0.269 e. The minimum atomic E-state index is -0.422. The quantitative estimate of drug-likeness (QED) is 0.219. The van der Waals surface area contributed by atoms with E-state index in [0.29, 0.717) is 17.5 Å². The molecule has 0 saturated carbocycles. The molecule has 0 spiro atoms. The molecule has 31 heavy (non-hydrogen) atoms. The molecule has 0 aliphatic heterocycles. The second kappa shape index (κ2) is 9.64. The fourth-order valence-corrected chi connectivity index (χ4v) is 3.49. The SMILES string of the molecule is O=[N+]([O-])c1ccc(COc2ccccc2C=NNc2nc(-c3ccccc3)cs2)cc1. The number of rotatable bonds is 8. The first kappa shape index (κ1) is 20.2. The molecule has 0 unspecified atom stereocenters. The maximum absolute atomic E-state index is 10.8. The molecule has 0 aliphatic rings. The van der Waals surface area contributed by atoms with Crippen molar-refractivity contribution in [3.05, 3.63) is 105 Å². The summed E-state index contributed by atoms with van der Waals surface area (Å²) in [5.41, 5.74) is 6.61. The van der Waals surface area contributed by atoms with Crippen LogP contribution >= 0.6 is 11.3 Å². The van der Waals surface area contributed by atoms with Gasteiger partial charge in [-0.3, -0.25) is 15.5 Å². The summed E-state index contributed by atoms with van der Waals surface area (Å²) in [6.07, 6.45) is 1.68. The lowest BCUT2D eigenvalue weighted by atomic mass is 10.2. The van der Waals surface area contributed by atoms with Gasteiger partial charge in [0.1, 0.15) is 12.4 Å². The molecule has 1 N–H and O–H groups in total. The van der Waals surface area contributed by atoms with Crippen molar-refractivity contribution in [2.24, 2.45) is 5.10 Å². The number of non-ortho nitro benzene ring substituents is 1. The molecule has 0 radical (unpaired) electrons. The number of hydrazone groups is 1. The second-order valence-corrected chi connectivity index (χ2v) is 7.38. The Hall–Kier alpha value is -4.04. The van der Waals surface area contributed by atoms with Crippen LogP contribution in [-0.4, -0.2) is 16.1 Å². The van der Waals surface area contributed by atoms with E-state index in [1.54, 1.807) is 18.3 Å². The van der Waals surface area contributed by atoms with Gasteiger partial charge in [0.2, 0.25) is 5.13 Å². The van der Waals surface area contributed by atoms with Crippen LogP contribution in [0.4, 0.5) is 10.8 Å². The highest BCUT2D eigenvalue weighted by Gasteiger charge is 2.06. The van der Waals surface area contributed by atoms with E-state index in [1.807, 2.05) is 60.0 Å². The first-order valence-electron chi connectivity index (χ1n) is 9.44. The molecule has 4 aromatic rings. The van der Waals surface area contributed by atoms with E-state index in [1.165, 1.54) is 23.5 Å². The van der Waals surface area contributed by atoms with Crippen molar-refractivity contribution >= 4 is 28.4 Å². The fraction of sp³-hybridized carbons (Fsp3) is 0.0435. The molecular formula is C23H18N4O3S. The minimum absolute atomic E-state index is 0.0555. The van der Waals surface area contributed by atoms with Crippen LogP contribution in [0.1, 0.15) is 11.1 Å². The summed E-state index contributed by atoms with van der Waals surface area (Å²) < 4.78 is 5.89. The van der Waals surface area contributed by atoms with Gasteiger partial charge in [-0.1, -0.05) is 42.5 Å². The Morgan fingerprint density at radius 2 is 1.77 bits per heavy atom. The molecule has 0 bridgehead atoms. The van der Waals surface area contributed by atoms with E-state index in [0.717, 1.165) is 22.4 Å². The van der Waals surface area contributed by atoms with Crippen molar-refractivity contribution in [1.29, 1.82) is 0 Å². The van der Waals surface area contributed by atoms with Crippen molar-refractivity contribution in [1.82, 2.24) is 4.98 Å². The Balaban J connectivity index is 1.39. The number of nitro groups is 1. The van der Waals surface area contributed by atoms with Crippen LogP contribution < -0.4 is 10.2 Å². The number of nitrogens with zero attached hydrogens (tertiary/aromatic N) is 3. The van der Waals surface area contributed by atoms with E-state index in [2.05, 4.69) is 15.5 Å². The molecule has 1 aromatic heterocycles. The number of aromatic nitrogens is 1. The highest BCUT2D eigenvalue weighted by molar-refractivity contribution is 7.14. The lowest BCUT2D eigenvalue weighted by Crippen LogP contribution is -1.99. The number of nitrogens with one attached hydrogen (secondary N) is 1. The normalized spacial score (nSPS) is 10.8. The van der Waals surface area contributed by atoms with Crippen molar-refractivity contribution in [3.8, 4) is 17.0 Å². The highest BCUT2D eigenvalue weighted by Crippen LogP contribution is 2.25. The average molecular weight is 430 g/mol. The van der Waals surface area contributed by atoms with Crippen LogP contribution in [0, 0.1) is 10.1 Å². The Labute approximate surface area is 182 Å². The van der Waals surface area contributed by atoms with Crippen LogP contribution in [0.15, 0.2) is 89.3 Å². The van der Waals surface area contributed by atoms with E-state index in [4.69, 9.17) is 4.74 Å². The zero-order valence-corrected chi connectivity index (χ0v) is 17.2. The Bertz CT molecular complexity index is 1190. The summed E-state index contributed by atoms with van der Waals surface area (Å²) in [7, 11) is 0. The summed E-state index contributed by atoms with van der Waals surface area (Å²) in [6, 6.07) is 23.8. The van der Waals surface area contributed by atoms with Crippen LogP contribution in [0.2, 0.25) is 0 Å². The molecule has 0 fully saturated rings. The van der Waals surface area contributed by atoms with Crippen LogP contribution in [0.25, 0.3) is 11.3 Å². The summed E-state index contributed by atoms with van der Waals surface area (Å²) >= 11 is 1.48. The van der Waals surface area contributed by atoms with Gasteiger partial charge >= 0.3 is 0 Å². The fourth-order valence-electron chi connectivity index (χ4n) is 2.82. The Morgan fingerprint density at radius 3 is 2.55 bits per heavy atom. The maximum atomic E-state index is 10.8. The van der Waals surface area contributed by atoms with Crippen molar-refractivity contribution in [2.45, 2.75) is 6.61 Å². The molecular weight excluding hydrogens is 412 g/mol. The van der Waals surface area contributed by atoms with Crippen LogP contribution in [0.5, 0.6) is 5.75 Å². The van der Waals surface area contributed by atoms with Gasteiger partial charge < -0.3 is 4.74 Å². The number of thiazole rings is 1. The highest BCUT2D eigenvalue weighted by atomic mass is 32.1. The molecule has 0 aliphatic carbocycles. The summed E-state index contributed by atoms with van der Waals surface area (Å²) in [6.45, 7) is 0.295. The maximum Gasteiger partial charge on any atom is 0.269 e. The third-order valence-electron chi connectivity index (χ3n) is 4.40. The van der Waals surface area contributed by atoms with Gasteiger partial charge in [0.05, 0.1) is 16.8 Å². The molecule has 7 nitrogen and oxygen atoms in total. The summed E-state index contributed by atoms with van der Waals surface area (Å²) in [4.78, 5) is 14.9. The minimum Gasteiger partial charge on any atom is -0.488 e. The predicted molar refractivity (Wildman–Crippen MR) is 123 cm³/mol. The number of nitro benzene ring substituents is 1. The lowest BCUT2D eigenvalue weighted by Gasteiger charge is -2.09. The van der Waals surface area contributed by atoms with Gasteiger partial charge in [-0.15, -0.1) is 11.3 Å². The molecule has 154 valence electrons. The van der Waals surface area contributed by atoms with Gasteiger partial charge in [0.25, 0.3) is 5.69 Å². The van der Waals surface area contributed by atoms with E-state index in [9.17, 15) is 10.1 Å². The van der Waals surface area contributed by atoms with Crippen LogP contribution in [-0.2, 0) is 6.61 Å². The van der Waals surface area contributed by atoms with Gasteiger partial charge in [0.15, 0.2) is 0 Å². The van der Waals surface area contributed by atoms with Crippen molar-refractivity contribution in [3.63, 3.8) is 0 Å². The van der Waals surface area contributed by atoms with Gasteiger partial charge in [-0.2, -0.15) is 5.10 Å². The zero-order valence-electron chi connectivity index (χ0n) is 16.3. The summed E-state index contributed by atoms with van der Waals surface area (Å²) in [5.74, 6) is 0.663. The third kappa shape index (κ3) is 5.31. The van der Waals surface area contributed by atoms with Crippen molar-refractivity contribution in [2.75, 3.05) is 5.43 Å². The molecule has 0 saturated heterocycles. The van der Waals surface area contributed by atoms with E-state index in [-0.39, 0.29) is 5.69 Å². The number of hydrogen-bond donors (Lipinski definition) is 1. The largest absolute Gasteiger partial charge is 0.488 e. The Morgan fingerprint density at radius 1 is 1.03 bits per heavy atom. The number of para-hydroxylation sites is 1. The first-order valence-corrected chi connectivity index (χ1v) is 10.3. The molecule has 1 heterocycles. The molecule has 0 amide bonds. The lowest BCUT2D eigenvalue weighted by molar-refractivity contribution is -0.384. The molecule has 3 aromatic carbocycles. The standard InChI is InChI=1S/C23H18N4O3S/c28-27(29)20-12-10-17(11-13-20)15-30-22-9-5-4-8-19(22)14-24-26-23-25-21(16-31-23)18-6-2-1-3-7-18/h1-14,16H,15H2,(H,25,26). The average Bonchev–Trinajstić information content (AvgIpc) is 3.28. The predicted octanol–water partition coefficient (Wildman–Crippen LogP) is 5.74. The van der Waals surface area contributed by atoms with E-state index < -0.39 is 4.92 Å². The van der Waals surface area contributed by atoms with Crippen LogP contribution in [0.3, 0.4) is 0 Å². The number of ether oxygens (including phenoxy) is 1. The van der Waals surface area contributed by atoms with Gasteiger partial charge in [0, 0.05) is 28.6 Å². The van der Waals surface area contributed by atoms with Gasteiger partial charge in [-0.25, -0.2) is 4.98 Å². The second-order valence-electron chi connectivity index (χ2n) is 6.52. The third-order valence-corrected chi connectivity index (χ3v) is 5.15. The molecule has 8 heteroatoms. The Kier molecular flexibility index (Phi) is 6.29. The molecule has 0 atom stereocenters. The summed E-state index contributed by atoms with van der Waals surface area (Å²) in [5, 5.41) is 17.7. The molecule has 4 rings (SSSR count). The zero-order chi connectivity index (χ0) is 21.5. The van der Waals surface area contributed by atoms with E-state index >= 15 is 0 Å². The van der Waals surface area contributed by atoms with Crippen molar-refractivity contribution < 1.29 is 9.66 Å². The number of benzene rings is 3. The monoisotopic (exact) mass is 430 g/mol. The van der Waals surface area contributed by atoms with Gasteiger partial charge in [-0.05, 0) is 29.8 Å². The first-order chi connectivity index (χ1) is 15.2.